The van der Waals surface area contributed by atoms with Crippen molar-refractivity contribution in [2.75, 3.05) is 45.8 Å². The van der Waals surface area contributed by atoms with Gasteiger partial charge >= 0.3 is 0 Å². The van der Waals surface area contributed by atoms with E-state index in [1.165, 1.54) is 172 Å². The number of hydrogen-bond acceptors (Lipinski definition) is 4. The third-order valence-corrected chi connectivity index (χ3v) is 21.7. The van der Waals surface area contributed by atoms with Gasteiger partial charge in [-0.05, 0) is 194 Å². The van der Waals surface area contributed by atoms with Gasteiger partial charge in [0.2, 0.25) is 22.1 Å². The first-order chi connectivity index (χ1) is 54.0. The molecule has 8 aromatic carbocycles. The molecule has 8 nitrogen and oxygen atoms in total. The van der Waals surface area contributed by atoms with Gasteiger partial charge in [-0.25, -0.2) is 0 Å². The number of halogens is 4. The van der Waals surface area contributed by atoms with E-state index < -0.39 is 0 Å². The predicted octanol–water partition coefficient (Wildman–Crippen LogP) is 26.0. The Bertz CT molecular complexity index is 5330. The SMILES string of the molecule is Br.CC(C)CCN1C=C/C(=C\c2cc[n+](CCC(C)C)c3ccccc23)c2ccccc21.CCCCN1C=C/C(=C\c2cc[n+](CCCC)c3ccccc23)c2ccccc21.CCN1C=C/C(=C\c2cc[n+](CC)c3ccccc23)c2ccccc21.CCN1C=C/C(=C\c2cc[n+](CC)c3ccccc23)c2ccccc21.Cl.I.I. The molecule has 0 fully saturated rings. The highest BCUT2D eigenvalue weighted by molar-refractivity contribution is 14.0. The van der Waals surface area contributed by atoms with Crippen LogP contribution in [0.1, 0.15) is 152 Å². The summed E-state index contributed by atoms with van der Waals surface area (Å²) in [5, 5.41) is 5.22. The maximum Gasteiger partial charge on any atom is 0.213 e. The van der Waals surface area contributed by atoms with Crippen LogP contribution in [0, 0.1) is 11.8 Å². The van der Waals surface area contributed by atoms with Gasteiger partial charge in [0.1, 0.15) is 26.2 Å². The molecule has 0 radical (unpaired) electrons. The lowest BCUT2D eigenvalue weighted by Crippen LogP contribution is -2.34. The molecule has 0 N–H and O–H groups in total. The van der Waals surface area contributed by atoms with Gasteiger partial charge in [0.05, 0.1) is 21.5 Å². The fourth-order valence-corrected chi connectivity index (χ4v) is 15.5. The summed E-state index contributed by atoms with van der Waals surface area (Å²) < 4.78 is 9.37. The van der Waals surface area contributed by atoms with E-state index in [4.69, 9.17) is 0 Å². The highest BCUT2D eigenvalue weighted by atomic mass is 127. The van der Waals surface area contributed by atoms with Crippen LogP contribution in [0.4, 0.5) is 22.7 Å². The number of anilines is 4. The second-order valence-electron chi connectivity index (χ2n) is 29.9. The van der Waals surface area contributed by atoms with Crippen molar-refractivity contribution in [3.8, 4) is 0 Å². The van der Waals surface area contributed by atoms with Crippen LogP contribution in [0.3, 0.4) is 0 Å². The van der Waals surface area contributed by atoms with Gasteiger partial charge in [0, 0.05) is 157 Å². The molecule has 0 bridgehead atoms. The first-order valence-electron chi connectivity index (χ1n) is 40.7. The summed E-state index contributed by atoms with van der Waals surface area (Å²) in [5.74, 6) is 1.41. The zero-order chi connectivity index (χ0) is 76.3. The van der Waals surface area contributed by atoms with E-state index in [2.05, 4.69) is 424 Å². The number of aryl methyl sites for hydroxylation is 4. The molecule has 4 aromatic heterocycles. The van der Waals surface area contributed by atoms with Gasteiger partial charge in [0.15, 0.2) is 24.8 Å². The lowest BCUT2D eigenvalue weighted by molar-refractivity contribution is -0.672. The average Bonchev–Trinajstić information content (AvgIpc) is 0.662. The number of allylic oxidation sites excluding steroid dienone is 8. The van der Waals surface area contributed by atoms with Crippen molar-refractivity contribution in [2.24, 2.45) is 11.8 Å². The van der Waals surface area contributed by atoms with E-state index in [0.29, 0.717) is 11.8 Å². The Kier molecular flexibility index (Phi) is 33.8. The molecule has 0 aliphatic carbocycles. The number of nitrogens with zero attached hydrogens (tertiary/aromatic N) is 8. The number of hydrogen-bond donors (Lipinski definition) is 0. The summed E-state index contributed by atoms with van der Waals surface area (Å²) in [7, 11) is 0. The molecule has 0 unspecified atom stereocenters. The number of fused-ring (bicyclic) bond motifs is 8. The Morgan fingerprint density at radius 3 is 0.912 bits per heavy atom. The Labute approximate surface area is 730 Å². The van der Waals surface area contributed by atoms with Crippen LogP contribution < -0.4 is 37.9 Å². The fraction of sp³-hybridized carbons (Fsp3) is 0.255. The maximum atomic E-state index is 2.40. The zero-order valence-corrected chi connectivity index (χ0v) is 75.5. The van der Waals surface area contributed by atoms with Crippen LogP contribution in [-0.2, 0) is 26.2 Å². The van der Waals surface area contributed by atoms with E-state index in [9.17, 15) is 0 Å². The monoisotopic (exact) mass is 1820 g/mol. The molecule has 12 heteroatoms. The third kappa shape index (κ3) is 21.1. The molecule has 0 saturated heterocycles. The summed E-state index contributed by atoms with van der Waals surface area (Å²) in [6, 6.07) is 78.7. The van der Waals surface area contributed by atoms with Gasteiger partial charge in [-0.3, -0.25) is 0 Å². The van der Waals surface area contributed by atoms with Gasteiger partial charge in [0.25, 0.3) is 0 Å². The van der Waals surface area contributed by atoms with E-state index in [0.717, 1.165) is 52.4 Å². The Morgan fingerprint density at radius 2 is 0.588 bits per heavy atom. The Morgan fingerprint density at radius 1 is 0.307 bits per heavy atom. The molecule has 588 valence electrons. The molecule has 0 saturated carbocycles. The van der Waals surface area contributed by atoms with Crippen LogP contribution in [0.25, 0.3) is 90.2 Å². The summed E-state index contributed by atoms with van der Waals surface area (Å²) in [6.45, 7) is 30.6. The minimum Gasteiger partial charge on any atom is -0.348 e. The van der Waals surface area contributed by atoms with E-state index in [1.54, 1.807) is 0 Å². The van der Waals surface area contributed by atoms with Crippen molar-refractivity contribution in [1.82, 2.24) is 0 Å². The molecular formula is C102H116BrClI2N8+4. The maximum absolute atomic E-state index is 2.40. The van der Waals surface area contributed by atoms with Gasteiger partial charge in [-0.1, -0.05) is 176 Å². The number of benzene rings is 8. The molecular weight excluding hydrogens is 1710 g/mol. The zero-order valence-electron chi connectivity index (χ0n) is 68.3. The molecule has 114 heavy (non-hydrogen) atoms. The molecule has 4 aliphatic heterocycles. The smallest absolute Gasteiger partial charge is 0.213 e. The summed E-state index contributed by atoms with van der Waals surface area (Å²) in [6.07, 6.45) is 43.3. The molecule has 12 aromatic rings. The van der Waals surface area contributed by atoms with Crippen molar-refractivity contribution in [3.05, 3.63) is 337 Å². The molecule has 0 amide bonds. The predicted molar refractivity (Wildman–Crippen MR) is 520 cm³/mol. The summed E-state index contributed by atoms with van der Waals surface area (Å²) in [5.41, 5.74) is 25.8. The fourth-order valence-electron chi connectivity index (χ4n) is 15.5. The second kappa shape index (κ2) is 43.5. The average molecular weight is 1820 g/mol. The number of unbranched alkanes of at least 4 members (excludes halogenated alkanes) is 2. The molecule has 16 rings (SSSR count). The molecule has 8 heterocycles. The molecule has 0 atom stereocenters. The first-order valence-corrected chi connectivity index (χ1v) is 40.7. The van der Waals surface area contributed by atoms with Crippen molar-refractivity contribution in [2.45, 2.75) is 134 Å². The van der Waals surface area contributed by atoms with Gasteiger partial charge in [-0.2, -0.15) is 18.3 Å². The second-order valence-corrected chi connectivity index (χ2v) is 29.9. The van der Waals surface area contributed by atoms with Gasteiger partial charge in [-0.15, -0.1) is 77.3 Å². The van der Waals surface area contributed by atoms with Crippen molar-refractivity contribution >= 4 is 190 Å². The number of pyridine rings is 4. The van der Waals surface area contributed by atoms with Crippen LogP contribution in [0.15, 0.2) is 292 Å². The Balaban J connectivity index is 0.000000173. The van der Waals surface area contributed by atoms with Crippen LogP contribution in [0.2, 0.25) is 0 Å². The normalized spacial score (nSPS) is 14.3. The Hall–Kier alpha value is -9.25. The van der Waals surface area contributed by atoms with Crippen LogP contribution >= 0.6 is 77.3 Å². The van der Waals surface area contributed by atoms with Crippen LogP contribution in [0.5, 0.6) is 0 Å². The first kappa shape index (κ1) is 88.7. The van der Waals surface area contributed by atoms with Crippen molar-refractivity contribution in [3.63, 3.8) is 0 Å². The lowest BCUT2D eigenvalue weighted by Gasteiger charge is -2.28. The van der Waals surface area contributed by atoms with Crippen molar-refractivity contribution in [1.29, 1.82) is 0 Å². The van der Waals surface area contributed by atoms with Crippen molar-refractivity contribution < 1.29 is 18.3 Å². The van der Waals surface area contributed by atoms with Crippen LogP contribution in [-0.4, -0.2) is 26.2 Å². The number of rotatable bonds is 20. The van der Waals surface area contributed by atoms with E-state index >= 15 is 0 Å². The highest BCUT2D eigenvalue weighted by Crippen LogP contribution is 2.40. The van der Waals surface area contributed by atoms with E-state index in [1.807, 2.05) is 0 Å². The standard InChI is InChI=1S/C29H35N2.C27H31N2.2C23H23N2.BrH.ClH.2HI/c1-22(2)13-17-30-19-15-24(26-9-5-7-11-28(26)30)21-25-16-20-31(18-14-23(3)4)29-12-8-6-10-27(25)29;1-3-5-17-28-19-15-22(24-11-7-9-13-26(24)28)21-23-16-20-29(18-6-4-2)27-14-10-8-12-25(23)27;2*1-3-24-15-13-18(20-9-5-7-11-22(20)24)17-19-14-16-25(4-2)23-12-8-6-10-21(19)23;;;;/h5-12,15-16,19-23H,13-14,17-18H2,1-4H3;7-16,19-21H,3-6,17-18H2,1-2H3;2*5-17H,3-4H2,1-2H3;4*1H/q4*+1;;;;. The quantitative estimate of drug-likeness (QED) is 0.0562. The minimum atomic E-state index is 0. The highest BCUT2D eigenvalue weighted by Gasteiger charge is 2.23. The third-order valence-electron chi connectivity index (χ3n) is 21.7. The summed E-state index contributed by atoms with van der Waals surface area (Å²) >= 11 is 0. The molecule has 4 aliphatic rings. The van der Waals surface area contributed by atoms with E-state index in [-0.39, 0.29) is 77.3 Å². The molecule has 0 spiro atoms. The lowest BCUT2D eigenvalue weighted by atomic mass is 9.96. The number of para-hydroxylation sites is 8. The number of aromatic nitrogens is 4. The minimum absolute atomic E-state index is 0. The largest absolute Gasteiger partial charge is 0.348 e. The van der Waals surface area contributed by atoms with Gasteiger partial charge < -0.3 is 19.6 Å². The topological polar surface area (TPSA) is 28.5 Å². The summed E-state index contributed by atoms with van der Waals surface area (Å²) in [4.78, 5) is 9.37.